The number of oxime groups is 1. The molecular formula is C13H17NO. The van der Waals surface area contributed by atoms with E-state index in [1.54, 1.807) is 0 Å². The highest BCUT2D eigenvalue weighted by atomic mass is 16.6. The van der Waals surface area contributed by atoms with Gasteiger partial charge in [-0.2, -0.15) is 0 Å². The fourth-order valence-electron chi connectivity index (χ4n) is 1.82. The van der Waals surface area contributed by atoms with Crippen LogP contribution in [0.3, 0.4) is 0 Å². The molecule has 1 aromatic carbocycles. The molecular weight excluding hydrogens is 186 g/mol. The zero-order valence-electron chi connectivity index (χ0n) is 8.98. The minimum Gasteiger partial charge on any atom is -0.391 e. The molecule has 1 aliphatic rings. The summed E-state index contributed by atoms with van der Waals surface area (Å²) in [6.07, 6.45) is 6.13. The minimum absolute atomic E-state index is 0.588. The van der Waals surface area contributed by atoms with Gasteiger partial charge >= 0.3 is 0 Å². The number of rotatable bonds is 3. The van der Waals surface area contributed by atoms with E-state index >= 15 is 0 Å². The van der Waals surface area contributed by atoms with Crippen molar-refractivity contribution >= 4 is 5.71 Å². The van der Waals surface area contributed by atoms with Crippen LogP contribution >= 0.6 is 0 Å². The highest BCUT2D eigenvalue weighted by molar-refractivity contribution is 5.84. The molecule has 0 radical (unpaired) electrons. The SMILES string of the molecule is c1ccc(CON=C2CCCCC2)cc1. The quantitative estimate of drug-likeness (QED) is 0.689. The summed E-state index contributed by atoms with van der Waals surface area (Å²) < 4.78 is 0. The van der Waals surface area contributed by atoms with Crippen molar-refractivity contribution in [1.29, 1.82) is 0 Å². The number of hydrogen-bond donors (Lipinski definition) is 0. The van der Waals surface area contributed by atoms with Crippen LogP contribution in [0.5, 0.6) is 0 Å². The van der Waals surface area contributed by atoms with E-state index in [4.69, 9.17) is 4.84 Å². The van der Waals surface area contributed by atoms with Crippen molar-refractivity contribution in [3.63, 3.8) is 0 Å². The second-order valence-corrected chi connectivity index (χ2v) is 3.98. The van der Waals surface area contributed by atoms with Crippen LogP contribution in [-0.4, -0.2) is 5.71 Å². The van der Waals surface area contributed by atoms with Crippen LogP contribution in [0, 0.1) is 0 Å². The molecule has 0 bridgehead atoms. The summed E-state index contributed by atoms with van der Waals surface area (Å²) in [5, 5.41) is 4.20. The number of benzene rings is 1. The summed E-state index contributed by atoms with van der Waals surface area (Å²) in [6, 6.07) is 10.2. The molecule has 0 saturated heterocycles. The van der Waals surface area contributed by atoms with Crippen molar-refractivity contribution in [3.8, 4) is 0 Å². The van der Waals surface area contributed by atoms with E-state index in [0.29, 0.717) is 6.61 Å². The molecule has 2 heteroatoms. The second-order valence-electron chi connectivity index (χ2n) is 3.98. The van der Waals surface area contributed by atoms with Gasteiger partial charge in [-0.05, 0) is 31.2 Å². The lowest BCUT2D eigenvalue weighted by Gasteiger charge is -2.11. The molecule has 0 aromatic heterocycles. The fraction of sp³-hybridized carbons (Fsp3) is 0.462. The van der Waals surface area contributed by atoms with Crippen LogP contribution in [0.1, 0.15) is 37.7 Å². The summed E-state index contributed by atoms with van der Waals surface area (Å²) in [5.74, 6) is 0. The maximum Gasteiger partial charge on any atom is 0.142 e. The van der Waals surface area contributed by atoms with Gasteiger partial charge in [0.05, 0.1) is 5.71 Å². The van der Waals surface area contributed by atoms with Crippen LogP contribution in [-0.2, 0) is 11.4 Å². The van der Waals surface area contributed by atoms with Crippen LogP contribution < -0.4 is 0 Å². The Morgan fingerprint density at radius 1 is 1.00 bits per heavy atom. The van der Waals surface area contributed by atoms with Gasteiger partial charge in [0, 0.05) is 0 Å². The molecule has 1 saturated carbocycles. The van der Waals surface area contributed by atoms with Gasteiger partial charge in [-0.15, -0.1) is 0 Å². The van der Waals surface area contributed by atoms with Gasteiger partial charge in [0.15, 0.2) is 0 Å². The molecule has 1 aromatic rings. The van der Waals surface area contributed by atoms with E-state index in [2.05, 4.69) is 17.3 Å². The lowest BCUT2D eigenvalue weighted by atomic mass is 9.99. The fourth-order valence-corrected chi connectivity index (χ4v) is 1.82. The third kappa shape index (κ3) is 3.39. The monoisotopic (exact) mass is 203 g/mol. The Morgan fingerprint density at radius 3 is 2.47 bits per heavy atom. The largest absolute Gasteiger partial charge is 0.391 e. The third-order valence-electron chi connectivity index (χ3n) is 2.70. The molecule has 0 spiro atoms. The molecule has 0 unspecified atom stereocenters. The number of nitrogens with zero attached hydrogens (tertiary/aromatic N) is 1. The Labute approximate surface area is 90.9 Å². The van der Waals surface area contributed by atoms with E-state index in [1.165, 1.54) is 30.5 Å². The Balaban J connectivity index is 1.78. The van der Waals surface area contributed by atoms with Crippen LogP contribution in [0.25, 0.3) is 0 Å². The molecule has 0 atom stereocenters. The normalized spacial score (nSPS) is 16.1. The molecule has 0 N–H and O–H groups in total. The molecule has 0 amide bonds. The Hall–Kier alpha value is -1.31. The van der Waals surface area contributed by atoms with E-state index < -0.39 is 0 Å². The average molecular weight is 203 g/mol. The summed E-state index contributed by atoms with van der Waals surface area (Å²) in [6.45, 7) is 0.588. The van der Waals surface area contributed by atoms with Gasteiger partial charge in [0.25, 0.3) is 0 Å². The van der Waals surface area contributed by atoms with Gasteiger partial charge < -0.3 is 4.84 Å². The average Bonchev–Trinajstić information content (AvgIpc) is 2.32. The topological polar surface area (TPSA) is 21.6 Å². The maximum absolute atomic E-state index is 5.35. The van der Waals surface area contributed by atoms with Gasteiger partial charge in [0.2, 0.25) is 0 Å². The minimum atomic E-state index is 0.588. The third-order valence-corrected chi connectivity index (χ3v) is 2.70. The summed E-state index contributed by atoms with van der Waals surface area (Å²) >= 11 is 0. The lowest BCUT2D eigenvalue weighted by Crippen LogP contribution is -2.05. The molecule has 1 aliphatic carbocycles. The Morgan fingerprint density at radius 2 is 1.73 bits per heavy atom. The molecule has 0 aliphatic heterocycles. The van der Waals surface area contributed by atoms with Crippen LogP contribution in [0.15, 0.2) is 35.5 Å². The first-order valence-electron chi connectivity index (χ1n) is 5.67. The van der Waals surface area contributed by atoms with Crippen molar-refractivity contribution in [1.82, 2.24) is 0 Å². The highest BCUT2D eigenvalue weighted by Gasteiger charge is 2.06. The van der Waals surface area contributed by atoms with E-state index in [-0.39, 0.29) is 0 Å². The number of hydrogen-bond acceptors (Lipinski definition) is 2. The molecule has 0 heterocycles. The zero-order valence-corrected chi connectivity index (χ0v) is 8.98. The van der Waals surface area contributed by atoms with E-state index in [1.807, 2.05) is 18.2 Å². The van der Waals surface area contributed by atoms with Gasteiger partial charge in [-0.3, -0.25) is 0 Å². The Bertz CT molecular complexity index is 311. The first-order valence-corrected chi connectivity index (χ1v) is 5.67. The zero-order chi connectivity index (χ0) is 10.3. The smallest absolute Gasteiger partial charge is 0.142 e. The van der Waals surface area contributed by atoms with E-state index in [0.717, 1.165) is 12.8 Å². The van der Waals surface area contributed by atoms with Crippen molar-refractivity contribution < 1.29 is 4.84 Å². The lowest BCUT2D eigenvalue weighted by molar-refractivity contribution is 0.128. The van der Waals surface area contributed by atoms with E-state index in [9.17, 15) is 0 Å². The standard InChI is InChI=1S/C13H17NO/c1-3-7-12(8-4-1)11-15-14-13-9-5-2-6-10-13/h1,3-4,7-8H,2,5-6,9-11H2. The maximum atomic E-state index is 5.35. The van der Waals surface area contributed by atoms with Crippen molar-refractivity contribution in [2.75, 3.05) is 0 Å². The van der Waals surface area contributed by atoms with Gasteiger partial charge in [-0.1, -0.05) is 41.9 Å². The molecule has 2 nitrogen and oxygen atoms in total. The predicted octanol–water partition coefficient (Wildman–Crippen LogP) is 3.52. The molecule has 2 rings (SSSR count). The second kappa shape index (κ2) is 5.54. The van der Waals surface area contributed by atoms with Crippen LogP contribution in [0.4, 0.5) is 0 Å². The van der Waals surface area contributed by atoms with Crippen molar-refractivity contribution in [2.24, 2.45) is 5.16 Å². The van der Waals surface area contributed by atoms with Gasteiger partial charge in [-0.25, -0.2) is 0 Å². The first-order chi connectivity index (χ1) is 7.45. The molecule has 1 fully saturated rings. The van der Waals surface area contributed by atoms with Crippen molar-refractivity contribution in [2.45, 2.75) is 38.7 Å². The molecule has 80 valence electrons. The summed E-state index contributed by atoms with van der Waals surface area (Å²) in [7, 11) is 0. The summed E-state index contributed by atoms with van der Waals surface area (Å²) in [5.41, 5.74) is 2.41. The summed E-state index contributed by atoms with van der Waals surface area (Å²) in [4.78, 5) is 5.35. The first kappa shape index (κ1) is 10.2. The van der Waals surface area contributed by atoms with Crippen molar-refractivity contribution in [3.05, 3.63) is 35.9 Å². The Kier molecular flexibility index (Phi) is 3.77. The van der Waals surface area contributed by atoms with Crippen LogP contribution in [0.2, 0.25) is 0 Å². The predicted molar refractivity (Wildman–Crippen MR) is 61.8 cm³/mol. The van der Waals surface area contributed by atoms with Gasteiger partial charge in [0.1, 0.15) is 6.61 Å². The highest BCUT2D eigenvalue weighted by Crippen LogP contribution is 2.15. The molecule has 15 heavy (non-hydrogen) atoms.